The van der Waals surface area contributed by atoms with Crippen LogP contribution in [-0.4, -0.2) is 34.4 Å². The van der Waals surface area contributed by atoms with Gasteiger partial charge in [-0.2, -0.15) is 5.10 Å². The Morgan fingerprint density at radius 3 is 2.52 bits per heavy atom. The lowest BCUT2D eigenvalue weighted by Gasteiger charge is -2.10. The third kappa shape index (κ3) is 4.03. The van der Waals surface area contributed by atoms with Gasteiger partial charge in [-0.05, 0) is 48.0 Å². The van der Waals surface area contributed by atoms with Crippen molar-refractivity contribution in [2.24, 2.45) is 0 Å². The highest BCUT2D eigenvalue weighted by Gasteiger charge is 2.13. The van der Waals surface area contributed by atoms with Gasteiger partial charge in [-0.3, -0.25) is 10.1 Å². The van der Waals surface area contributed by atoms with Crippen molar-refractivity contribution in [1.82, 2.24) is 20.2 Å². The van der Waals surface area contributed by atoms with Gasteiger partial charge >= 0.3 is 0 Å². The van der Waals surface area contributed by atoms with E-state index < -0.39 is 0 Å². The fraction of sp³-hybridized carbons (Fsp3) is 0.136. The fourth-order valence-electron chi connectivity index (χ4n) is 3.03. The van der Waals surface area contributed by atoms with E-state index in [1.165, 1.54) is 0 Å². The van der Waals surface area contributed by atoms with Gasteiger partial charge in [0.05, 0.1) is 14.2 Å². The summed E-state index contributed by atoms with van der Waals surface area (Å²) in [5.74, 6) is 2.57. The number of pyridine rings is 1. The van der Waals surface area contributed by atoms with Gasteiger partial charge in [-0.15, -0.1) is 0 Å². The van der Waals surface area contributed by atoms with Gasteiger partial charge in [0.2, 0.25) is 0 Å². The molecule has 2 N–H and O–H groups in total. The number of ether oxygens (including phenoxy) is 2. The molecule has 0 saturated heterocycles. The number of aromatic amines is 1. The number of aromatic nitrogens is 4. The summed E-state index contributed by atoms with van der Waals surface area (Å²) in [5.41, 5.74) is 3.91. The van der Waals surface area contributed by atoms with Crippen molar-refractivity contribution in [3.63, 3.8) is 0 Å². The van der Waals surface area contributed by atoms with Gasteiger partial charge < -0.3 is 14.8 Å². The van der Waals surface area contributed by atoms with Crippen molar-refractivity contribution < 1.29 is 9.47 Å². The molecule has 29 heavy (non-hydrogen) atoms. The van der Waals surface area contributed by atoms with Gasteiger partial charge in [0.15, 0.2) is 23.1 Å². The molecule has 7 nitrogen and oxygen atoms in total. The molecule has 0 aliphatic heterocycles. The first-order chi connectivity index (χ1) is 14.3. The van der Waals surface area contributed by atoms with Crippen molar-refractivity contribution in [2.75, 3.05) is 19.5 Å². The number of nitrogens with zero attached hydrogens (tertiary/aromatic N) is 3. The molecule has 0 fully saturated rings. The molecule has 0 spiro atoms. The minimum atomic E-state index is 0.588. The molecule has 2 heterocycles. The van der Waals surface area contributed by atoms with Crippen LogP contribution in [-0.2, 0) is 6.54 Å². The van der Waals surface area contributed by atoms with Gasteiger partial charge in [0, 0.05) is 35.8 Å². The van der Waals surface area contributed by atoms with Crippen LogP contribution in [0.3, 0.4) is 0 Å². The number of H-pyrrole nitrogens is 1. The number of nitrogens with one attached hydrogen (secondary N) is 2. The third-order valence-corrected chi connectivity index (χ3v) is 4.54. The van der Waals surface area contributed by atoms with Crippen LogP contribution in [0.5, 0.6) is 11.5 Å². The molecule has 146 valence electrons. The van der Waals surface area contributed by atoms with Crippen LogP contribution in [0.2, 0.25) is 0 Å². The predicted molar refractivity (Wildman–Crippen MR) is 112 cm³/mol. The summed E-state index contributed by atoms with van der Waals surface area (Å²) in [6.07, 6.45) is 3.57. The maximum Gasteiger partial charge on any atom is 0.181 e. The lowest BCUT2D eigenvalue weighted by Crippen LogP contribution is -2.01. The molecule has 0 aliphatic rings. The first-order valence-corrected chi connectivity index (χ1v) is 9.15. The lowest BCUT2D eigenvalue weighted by molar-refractivity contribution is 0.355. The standard InChI is InChI=1S/C22H21N5O2/c1-28-19-8-7-16(13-20(19)29-2)21-25-22(27-26-21)17-5-3-4-6-18(17)24-14-15-9-11-23-12-10-15/h3-13,24H,14H2,1-2H3,(H,25,26,27). The topological polar surface area (TPSA) is 85.0 Å². The molecule has 0 radical (unpaired) electrons. The molecule has 7 heteroatoms. The Labute approximate surface area is 168 Å². The summed E-state index contributed by atoms with van der Waals surface area (Å²) in [4.78, 5) is 8.74. The van der Waals surface area contributed by atoms with Gasteiger partial charge in [-0.25, -0.2) is 4.98 Å². The third-order valence-electron chi connectivity index (χ3n) is 4.54. The second-order valence-electron chi connectivity index (χ2n) is 6.33. The Kier molecular flexibility index (Phi) is 5.38. The average molecular weight is 387 g/mol. The summed E-state index contributed by atoms with van der Waals surface area (Å²) in [5, 5.41) is 10.9. The largest absolute Gasteiger partial charge is 0.493 e. The summed E-state index contributed by atoms with van der Waals surface area (Å²) < 4.78 is 10.7. The normalized spacial score (nSPS) is 10.6. The van der Waals surface area contributed by atoms with Crippen molar-refractivity contribution in [3.8, 4) is 34.3 Å². The first kappa shape index (κ1) is 18.5. The number of methoxy groups -OCH3 is 2. The van der Waals surface area contributed by atoms with Crippen LogP contribution >= 0.6 is 0 Å². The molecule has 0 unspecified atom stereocenters. The number of para-hydroxylation sites is 1. The average Bonchev–Trinajstić information content (AvgIpc) is 3.28. The molecule has 0 bridgehead atoms. The summed E-state index contributed by atoms with van der Waals surface area (Å²) in [6.45, 7) is 0.691. The SMILES string of the molecule is COc1ccc(-c2n[nH]c(-c3ccccc3NCc3ccncc3)n2)cc1OC. The molecule has 2 aromatic heterocycles. The van der Waals surface area contributed by atoms with E-state index in [0.29, 0.717) is 29.7 Å². The molecule has 0 aliphatic carbocycles. The predicted octanol–water partition coefficient (Wildman–Crippen LogP) is 4.16. The molecule has 4 aromatic rings. The molecular weight excluding hydrogens is 366 g/mol. The van der Waals surface area contributed by atoms with Gasteiger partial charge in [0.1, 0.15) is 0 Å². The fourth-order valence-corrected chi connectivity index (χ4v) is 3.03. The number of anilines is 1. The first-order valence-electron chi connectivity index (χ1n) is 9.15. The van der Waals surface area contributed by atoms with Crippen molar-refractivity contribution in [2.45, 2.75) is 6.54 Å². The van der Waals surface area contributed by atoms with Crippen molar-refractivity contribution in [1.29, 1.82) is 0 Å². The van der Waals surface area contributed by atoms with Crippen LogP contribution in [0, 0.1) is 0 Å². The molecule has 4 rings (SSSR count). The molecular formula is C22H21N5O2. The second kappa shape index (κ2) is 8.43. The highest BCUT2D eigenvalue weighted by atomic mass is 16.5. The van der Waals surface area contributed by atoms with E-state index in [1.807, 2.05) is 54.6 Å². The maximum atomic E-state index is 5.38. The van der Waals surface area contributed by atoms with E-state index in [4.69, 9.17) is 9.47 Å². The summed E-state index contributed by atoms with van der Waals surface area (Å²) in [7, 11) is 3.22. The Hall–Kier alpha value is -3.87. The van der Waals surface area contributed by atoms with E-state index in [0.717, 1.165) is 22.4 Å². The van der Waals surface area contributed by atoms with Crippen molar-refractivity contribution in [3.05, 3.63) is 72.6 Å². The number of rotatable bonds is 7. The van der Waals surface area contributed by atoms with Gasteiger partial charge in [-0.1, -0.05) is 12.1 Å². The van der Waals surface area contributed by atoms with Crippen LogP contribution in [0.25, 0.3) is 22.8 Å². The zero-order valence-corrected chi connectivity index (χ0v) is 16.2. The quantitative estimate of drug-likeness (QED) is 0.495. The molecule has 0 atom stereocenters. The van der Waals surface area contributed by atoms with Crippen LogP contribution in [0.4, 0.5) is 5.69 Å². The summed E-state index contributed by atoms with van der Waals surface area (Å²) >= 11 is 0. The lowest BCUT2D eigenvalue weighted by atomic mass is 10.1. The smallest absolute Gasteiger partial charge is 0.181 e. The van der Waals surface area contributed by atoms with Gasteiger partial charge in [0.25, 0.3) is 0 Å². The molecule has 2 aromatic carbocycles. The van der Waals surface area contributed by atoms with E-state index in [2.05, 4.69) is 25.5 Å². The Bertz CT molecular complexity index is 1100. The van der Waals surface area contributed by atoms with E-state index in [9.17, 15) is 0 Å². The Morgan fingerprint density at radius 1 is 0.931 bits per heavy atom. The number of hydrogen-bond donors (Lipinski definition) is 2. The maximum absolute atomic E-state index is 5.38. The molecule has 0 saturated carbocycles. The monoisotopic (exact) mass is 387 g/mol. The van der Waals surface area contributed by atoms with E-state index in [1.54, 1.807) is 26.6 Å². The summed E-state index contributed by atoms with van der Waals surface area (Å²) in [6, 6.07) is 17.6. The zero-order chi connectivity index (χ0) is 20.1. The Balaban J connectivity index is 1.60. The van der Waals surface area contributed by atoms with Crippen LogP contribution < -0.4 is 14.8 Å². The highest BCUT2D eigenvalue weighted by Crippen LogP contribution is 2.32. The minimum absolute atomic E-state index is 0.588. The van der Waals surface area contributed by atoms with Crippen LogP contribution in [0.1, 0.15) is 5.56 Å². The van der Waals surface area contributed by atoms with Crippen LogP contribution in [0.15, 0.2) is 67.0 Å². The highest BCUT2D eigenvalue weighted by molar-refractivity contribution is 5.74. The Morgan fingerprint density at radius 2 is 1.72 bits per heavy atom. The van der Waals surface area contributed by atoms with Crippen molar-refractivity contribution >= 4 is 5.69 Å². The molecule has 0 amide bonds. The van der Waals surface area contributed by atoms with E-state index >= 15 is 0 Å². The number of hydrogen-bond acceptors (Lipinski definition) is 6. The zero-order valence-electron chi connectivity index (χ0n) is 16.2. The van der Waals surface area contributed by atoms with E-state index in [-0.39, 0.29) is 0 Å². The second-order valence-corrected chi connectivity index (χ2v) is 6.33. The number of benzene rings is 2. The minimum Gasteiger partial charge on any atom is -0.493 e.